The van der Waals surface area contributed by atoms with E-state index in [-0.39, 0.29) is 18.4 Å². The minimum atomic E-state index is -0.0848. The van der Waals surface area contributed by atoms with Gasteiger partial charge in [-0.05, 0) is 60.2 Å². The summed E-state index contributed by atoms with van der Waals surface area (Å²) in [6.45, 7) is 8.32. The first-order chi connectivity index (χ1) is 11.8. The molecule has 0 unspecified atom stereocenters. The maximum Gasteiger partial charge on any atom is 0.224 e. The van der Waals surface area contributed by atoms with Crippen LogP contribution in [0.15, 0.2) is 36.4 Å². The molecular weight excluding hydrogens is 334 g/mol. The molecule has 1 N–H and O–H groups in total. The van der Waals surface area contributed by atoms with E-state index in [2.05, 4.69) is 25.2 Å². The lowest BCUT2D eigenvalue weighted by Gasteiger charge is -2.21. The molecule has 4 heteroatoms. The van der Waals surface area contributed by atoms with Crippen LogP contribution in [-0.4, -0.2) is 13.0 Å². The molecule has 134 valence electrons. The van der Waals surface area contributed by atoms with E-state index in [0.29, 0.717) is 10.9 Å². The Kier molecular flexibility index (Phi) is 6.49. The van der Waals surface area contributed by atoms with Crippen LogP contribution in [-0.2, 0) is 11.2 Å². The zero-order valence-electron chi connectivity index (χ0n) is 15.5. The van der Waals surface area contributed by atoms with E-state index in [9.17, 15) is 4.79 Å². The number of nitrogens with one attached hydrogen (secondary N) is 1. The Hall–Kier alpha value is -2.00. The molecule has 1 amide bonds. The quantitative estimate of drug-likeness (QED) is 0.769. The molecule has 1 atom stereocenters. The molecular formula is C21H26ClNO2. The van der Waals surface area contributed by atoms with Crippen LogP contribution in [0, 0.1) is 6.92 Å². The normalized spacial score (nSPS) is 12.1. The summed E-state index contributed by atoms with van der Waals surface area (Å²) < 4.78 is 5.49. The summed E-state index contributed by atoms with van der Waals surface area (Å²) in [6, 6.07) is 11.5. The van der Waals surface area contributed by atoms with E-state index in [1.54, 1.807) is 13.2 Å². The molecule has 0 saturated carbocycles. The predicted molar refractivity (Wildman–Crippen MR) is 104 cm³/mol. The molecule has 0 bridgehead atoms. The number of aryl methyl sites for hydroxylation is 1. The van der Waals surface area contributed by atoms with Crippen molar-refractivity contribution in [2.75, 3.05) is 7.11 Å². The number of ether oxygens (including phenoxy) is 1. The van der Waals surface area contributed by atoms with Crippen LogP contribution in [0.3, 0.4) is 0 Å². The summed E-state index contributed by atoms with van der Waals surface area (Å²) in [5, 5.41) is 3.70. The summed E-state index contributed by atoms with van der Waals surface area (Å²) in [5.74, 6) is 1.20. The van der Waals surface area contributed by atoms with Crippen LogP contribution in [0.25, 0.3) is 0 Å². The second-order valence-corrected chi connectivity index (χ2v) is 7.07. The Morgan fingerprint density at radius 2 is 1.84 bits per heavy atom. The summed E-state index contributed by atoms with van der Waals surface area (Å²) in [5.41, 5.74) is 4.20. The number of amides is 1. The molecule has 0 fully saturated rings. The number of methoxy groups -OCH3 is 1. The van der Waals surface area contributed by atoms with E-state index in [1.165, 1.54) is 0 Å². The fraction of sp³-hybridized carbons (Fsp3) is 0.381. The lowest BCUT2D eigenvalue weighted by Crippen LogP contribution is -2.28. The lowest BCUT2D eigenvalue weighted by molar-refractivity contribution is -0.121. The van der Waals surface area contributed by atoms with Crippen molar-refractivity contribution in [1.29, 1.82) is 0 Å². The van der Waals surface area contributed by atoms with E-state index in [0.717, 1.165) is 28.0 Å². The number of halogens is 1. The number of carbonyl (C=O) groups is 1. The molecule has 0 saturated heterocycles. The first-order valence-corrected chi connectivity index (χ1v) is 8.92. The highest BCUT2D eigenvalue weighted by Gasteiger charge is 2.17. The summed E-state index contributed by atoms with van der Waals surface area (Å²) in [6.07, 6.45) is 0.274. The third-order valence-electron chi connectivity index (χ3n) is 4.39. The highest BCUT2D eigenvalue weighted by atomic mass is 35.5. The van der Waals surface area contributed by atoms with Gasteiger partial charge in [-0.2, -0.15) is 0 Å². The summed E-state index contributed by atoms with van der Waals surface area (Å²) in [7, 11) is 1.69. The van der Waals surface area contributed by atoms with Gasteiger partial charge in [0, 0.05) is 5.02 Å². The molecule has 0 heterocycles. The van der Waals surface area contributed by atoms with Gasteiger partial charge < -0.3 is 10.1 Å². The fourth-order valence-corrected chi connectivity index (χ4v) is 3.20. The van der Waals surface area contributed by atoms with Crippen LogP contribution < -0.4 is 10.1 Å². The maximum absolute atomic E-state index is 12.4. The van der Waals surface area contributed by atoms with Gasteiger partial charge in [0.05, 0.1) is 19.6 Å². The third kappa shape index (κ3) is 4.76. The number of hydrogen-bond donors (Lipinski definition) is 1. The Morgan fingerprint density at radius 1 is 1.16 bits per heavy atom. The number of benzene rings is 2. The van der Waals surface area contributed by atoms with Gasteiger partial charge in [0.2, 0.25) is 5.91 Å². The molecule has 2 aromatic carbocycles. The average molecular weight is 360 g/mol. The van der Waals surface area contributed by atoms with Crippen molar-refractivity contribution in [3.8, 4) is 5.75 Å². The van der Waals surface area contributed by atoms with Crippen molar-refractivity contribution in [2.45, 2.75) is 46.1 Å². The standard InChI is InChI=1S/C21H26ClNO2/c1-13(2)17-12-18(14(3)10-20(17)25-5)15(4)23-21(24)11-16-8-6-7-9-19(16)22/h6-10,12-13,15H,11H2,1-5H3,(H,23,24)/t15-/m0/s1. The number of hydrogen-bond acceptors (Lipinski definition) is 2. The van der Waals surface area contributed by atoms with Crippen molar-refractivity contribution in [3.05, 3.63) is 63.7 Å². The van der Waals surface area contributed by atoms with Crippen LogP contribution in [0.2, 0.25) is 5.02 Å². The van der Waals surface area contributed by atoms with Gasteiger partial charge in [-0.25, -0.2) is 0 Å². The maximum atomic E-state index is 12.4. The summed E-state index contributed by atoms with van der Waals surface area (Å²) >= 11 is 6.14. The van der Waals surface area contributed by atoms with E-state index < -0.39 is 0 Å². The van der Waals surface area contributed by atoms with Crippen LogP contribution in [0.5, 0.6) is 5.75 Å². The Morgan fingerprint density at radius 3 is 2.44 bits per heavy atom. The second kappa shape index (κ2) is 8.39. The SMILES string of the molecule is COc1cc(C)c([C@H](C)NC(=O)Cc2ccccc2Cl)cc1C(C)C. The molecule has 0 aliphatic rings. The van der Waals surface area contributed by atoms with Gasteiger partial charge in [-0.3, -0.25) is 4.79 Å². The minimum absolute atomic E-state index is 0.0399. The largest absolute Gasteiger partial charge is 0.496 e. The molecule has 2 aromatic rings. The molecule has 25 heavy (non-hydrogen) atoms. The monoisotopic (exact) mass is 359 g/mol. The second-order valence-electron chi connectivity index (χ2n) is 6.66. The highest BCUT2D eigenvalue weighted by Crippen LogP contribution is 2.32. The molecule has 3 nitrogen and oxygen atoms in total. The predicted octanol–water partition coefficient (Wildman–Crippen LogP) is 5.20. The zero-order chi connectivity index (χ0) is 18.6. The molecule has 2 rings (SSSR count). The van der Waals surface area contributed by atoms with E-state index >= 15 is 0 Å². The average Bonchev–Trinajstić information content (AvgIpc) is 2.56. The van der Waals surface area contributed by atoms with Gasteiger partial charge in [0.25, 0.3) is 0 Å². The van der Waals surface area contributed by atoms with Crippen LogP contribution >= 0.6 is 11.6 Å². The number of carbonyl (C=O) groups excluding carboxylic acids is 1. The van der Waals surface area contributed by atoms with Crippen LogP contribution in [0.1, 0.15) is 55.0 Å². The third-order valence-corrected chi connectivity index (χ3v) is 4.76. The Labute approximate surface area is 155 Å². The summed E-state index contributed by atoms with van der Waals surface area (Å²) in [4.78, 5) is 12.4. The smallest absolute Gasteiger partial charge is 0.224 e. The van der Waals surface area contributed by atoms with Crippen molar-refractivity contribution in [1.82, 2.24) is 5.32 Å². The van der Waals surface area contributed by atoms with Crippen molar-refractivity contribution < 1.29 is 9.53 Å². The first kappa shape index (κ1) is 19.3. The van der Waals surface area contributed by atoms with Crippen molar-refractivity contribution in [3.63, 3.8) is 0 Å². The lowest BCUT2D eigenvalue weighted by atomic mass is 9.93. The Balaban J connectivity index is 2.17. The minimum Gasteiger partial charge on any atom is -0.496 e. The topological polar surface area (TPSA) is 38.3 Å². The molecule has 0 aliphatic heterocycles. The first-order valence-electron chi connectivity index (χ1n) is 8.54. The highest BCUT2D eigenvalue weighted by molar-refractivity contribution is 6.31. The number of rotatable bonds is 6. The van der Waals surface area contributed by atoms with Gasteiger partial charge in [-0.1, -0.05) is 43.6 Å². The zero-order valence-corrected chi connectivity index (χ0v) is 16.3. The van der Waals surface area contributed by atoms with E-state index in [4.69, 9.17) is 16.3 Å². The fourth-order valence-electron chi connectivity index (χ4n) is 3.00. The Bertz CT molecular complexity index is 756. The van der Waals surface area contributed by atoms with Gasteiger partial charge in [-0.15, -0.1) is 0 Å². The van der Waals surface area contributed by atoms with E-state index in [1.807, 2.05) is 38.1 Å². The molecule has 0 spiro atoms. The molecule has 0 aliphatic carbocycles. The van der Waals surface area contributed by atoms with Crippen molar-refractivity contribution in [2.24, 2.45) is 0 Å². The van der Waals surface area contributed by atoms with Gasteiger partial charge in [0.1, 0.15) is 5.75 Å². The molecule has 0 radical (unpaired) electrons. The van der Waals surface area contributed by atoms with Crippen LogP contribution in [0.4, 0.5) is 0 Å². The van der Waals surface area contributed by atoms with Gasteiger partial charge >= 0.3 is 0 Å². The van der Waals surface area contributed by atoms with Gasteiger partial charge in [0.15, 0.2) is 0 Å². The molecule has 0 aromatic heterocycles. The van der Waals surface area contributed by atoms with Crippen molar-refractivity contribution >= 4 is 17.5 Å².